The van der Waals surface area contributed by atoms with Crippen LogP contribution in [-0.2, 0) is 16.0 Å². The van der Waals surface area contributed by atoms with E-state index in [9.17, 15) is 35.9 Å². The van der Waals surface area contributed by atoms with Crippen molar-refractivity contribution in [2.24, 2.45) is 11.8 Å². The summed E-state index contributed by atoms with van der Waals surface area (Å²) in [6.07, 6.45) is -2.94. The molecule has 2 N–H and O–H groups in total. The summed E-state index contributed by atoms with van der Waals surface area (Å²) in [5.74, 6) is -2.67. The molecule has 0 saturated heterocycles. The number of benzene rings is 2. The third-order valence-corrected chi connectivity index (χ3v) is 9.73. The van der Waals surface area contributed by atoms with Crippen molar-refractivity contribution in [2.75, 3.05) is 5.32 Å². The Balaban J connectivity index is 1.60. The average Bonchev–Trinajstić information content (AvgIpc) is 2.91. The molecule has 2 atom stereocenters. The molecule has 0 aromatic heterocycles. The van der Waals surface area contributed by atoms with Gasteiger partial charge in [0, 0.05) is 11.3 Å². The summed E-state index contributed by atoms with van der Waals surface area (Å²) >= 11 is 6.17. The zero-order valence-electron chi connectivity index (χ0n) is 18.0. The number of aliphatic hydroxyl groups is 1. The lowest BCUT2D eigenvalue weighted by atomic mass is 9.76. The lowest BCUT2D eigenvalue weighted by molar-refractivity contribution is -0.139. The molecule has 0 spiro atoms. The van der Waals surface area contributed by atoms with Crippen molar-refractivity contribution >= 4 is 33.0 Å². The Morgan fingerprint density at radius 2 is 1.74 bits per heavy atom. The summed E-state index contributed by atoms with van der Waals surface area (Å²) in [7, 11) is -3.95. The van der Waals surface area contributed by atoms with Gasteiger partial charge >= 0.3 is 6.18 Å². The van der Waals surface area contributed by atoms with Gasteiger partial charge in [0.2, 0.25) is 0 Å². The molecule has 2 aromatic rings. The van der Waals surface area contributed by atoms with E-state index in [0.717, 1.165) is 25.0 Å². The first-order valence-electron chi connectivity index (χ1n) is 10.6. The molecule has 2 aromatic carbocycles. The number of rotatable bonds is 4. The molecule has 0 radical (unpaired) electrons. The maximum absolute atomic E-state index is 13.5. The third kappa shape index (κ3) is 4.43. The van der Waals surface area contributed by atoms with Crippen LogP contribution in [0, 0.1) is 17.7 Å². The molecule has 2 bridgehead atoms. The van der Waals surface area contributed by atoms with Gasteiger partial charge in [0.05, 0.1) is 26.3 Å². The minimum atomic E-state index is -4.95. The number of alkyl halides is 3. The second-order valence-corrected chi connectivity index (χ2v) is 11.7. The van der Waals surface area contributed by atoms with Crippen molar-refractivity contribution in [3.05, 3.63) is 58.4 Å². The van der Waals surface area contributed by atoms with Gasteiger partial charge in [-0.2, -0.15) is 13.2 Å². The van der Waals surface area contributed by atoms with Crippen LogP contribution in [0.4, 0.5) is 23.2 Å². The zero-order valence-corrected chi connectivity index (χ0v) is 19.6. The molecule has 11 heteroatoms. The Morgan fingerprint density at radius 1 is 1.12 bits per heavy atom. The first-order chi connectivity index (χ1) is 15.7. The fourth-order valence-electron chi connectivity index (χ4n) is 5.08. The number of amides is 1. The molecule has 2 aliphatic rings. The topological polar surface area (TPSA) is 83.5 Å². The van der Waals surface area contributed by atoms with Gasteiger partial charge in [0.25, 0.3) is 5.91 Å². The largest absolute Gasteiger partial charge is 0.419 e. The van der Waals surface area contributed by atoms with Crippen LogP contribution in [0.1, 0.15) is 48.5 Å². The van der Waals surface area contributed by atoms with Gasteiger partial charge in [-0.05, 0) is 80.8 Å². The quantitative estimate of drug-likeness (QED) is 0.525. The molecule has 34 heavy (non-hydrogen) atoms. The number of carbonyl (C=O) groups is 1. The van der Waals surface area contributed by atoms with Gasteiger partial charge in [-0.25, -0.2) is 12.8 Å². The predicted molar refractivity (Wildman–Crippen MR) is 118 cm³/mol. The molecule has 5 nitrogen and oxygen atoms in total. The number of carbonyl (C=O) groups excluding carboxylic acids is 1. The number of halogens is 5. The summed E-state index contributed by atoms with van der Waals surface area (Å²) in [5.41, 5.74) is -2.88. The Kier molecular flexibility index (Phi) is 6.23. The van der Waals surface area contributed by atoms with E-state index in [2.05, 4.69) is 5.32 Å². The highest BCUT2D eigenvalue weighted by molar-refractivity contribution is 7.92. The Labute approximate surface area is 199 Å². The second-order valence-electron chi connectivity index (χ2n) is 9.13. The van der Waals surface area contributed by atoms with E-state index >= 15 is 0 Å². The van der Waals surface area contributed by atoms with E-state index in [1.54, 1.807) is 6.92 Å². The van der Waals surface area contributed by atoms with Gasteiger partial charge in [-0.1, -0.05) is 11.6 Å². The summed E-state index contributed by atoms with van der Waals surface area (Å²) in [6, 6.07) is 5.60. The first-order valence-corrected chi connectivity index (χ1v) is 12.6. The van der Waals surface area contributed by atoms with Gasteiger partial charge < -0.3 is 10.4 Å². The standard InChI is InChI=1S/C23H22ClF4NO4S/c1-22(31)13-3-4-14(22)10-16(9-13)34(32,33)20-8-12(2-6-18(20)24)21(30)29-15-5-7-19(25)17(11-15)23(26,27)28/h2,5-8,11,13-14,16,31H,3-4,9-10H2,1H3,(H,29,30). The molecular weight excluding hydrogens is 498 g/mol. The fourth-order valence-corrected chi connectivity index (χ4v) is 7.48. The highest BCUT2D eigenvalue weighted by atomic mass is 35.5. The van der Waals surface area contributed by atoms with Gasteiger partial charge in [-0.15, -0.1) is 0 Å². The molecule has 0 heterocycles. The molecule has 4 rings (SSSR count). The van der Waals surface area contributed by atoms with Crippen molar-refractivity contribution in [3.8, 4) is 0 Å². The van der Waals surface area contributed by atoms with Crippen LogP contribution < -0.4 is 5.32 Å². The van der Waals surface area contributed by atoms with E-state index < -0.39 is 44.2 Å². The fraction of sp³-hybridized carbons (Fsp3) is 0.435. The molecule has 2 aliphatic carbocycles. The molecule has 2 unspecified atom stereocenters. The Hall–Kier alpha value is -2.17. The SMILES string of the molecule is CC1(O)C2CCC1CC(S(=O)(=O)c1cc(C(=O)Nc3ccc(F)c(C(F)(F)F)c3)ccc1Cl)C2. The number of hydrogen-bond donors (Lipinski definition) is 2. The summed E-state index contributed by atoms with van der Waals surface area (Å²) in [4.78, 5) is 12.4. The molecule has 2 fully saturated rings. The lowest BCUT2D eigenvalue weighted by Gasteiger charge is -2.40. The average molecular weight is 520 g/mol. The molecule has 2 saturated carbocycles. The van der Waals surface area contributed by atoms with Crippen molar-refractivity contribution in [1.29, 1.82) is 0 Å². The summed E-state index contributed by atoms with van der Waals surface area (Å²) < 4.78 is 79.2. The summed E-state index contributed by atoms with van der Waals surface area (Å²) in [5, 5.41) is 12.0. The number of sulfone groups is 1. The van der Waals surface area contributed by atoms with E-state index in [1.807, 2.05) is 0 Å². The number of hydrogen-bond acceptors (Lipinski definition) is 4. The van der Waals surface area contributed by atoms with Crippen LogP contribution in [0.25, 0.3) is 0 Å². The van der Waals surface area contributed by atoms with E-state index in [1.165, 1.54) is 12.1 Å². The van der Waals surface area contributed by atoms with Crippen molar-refractivity contribution in [2.45, 2.75) is 54.5 Å². The monoisotopic (exact) mass is 519 g/mol. The van der Waals surface area contributed by atoms with Gasteiger partial charge in [0.15, 0.2) is 9.84 Å². The van der Waals surface area contributed by atoms with Gasteiger partial charge in [0.1, 0.15) is 5.82 Å². The maximum atomic E-state index is 13.5. The maximum Gasteiger partial charge on any atom is 0.419 e. The van der Waals surface area contributed by atoms with Crippen LogP contribution in [0.2, 0.25) is 5.02 Å². The van der Waals surface area contributed by atoms with Gasteiger partial charge in [-0.3, -0.25) is 4.79 Å². The number of fused-ring (bicyclic) bond motifs is 2. The zero-order chi connectivity index (χ0) is 25.1. The minimum absolute atomic E-state index is 0.0811. The first kappa shape index (κ1) is 24.9. The molecule has 0 aliphatic heterocycles. The number of nitrogens with one attached hydrogen (secondary N) is 1. The second kappa shape index (κ2) is 8.49. The lowest BCUT2D eigenvalue weighted by Crippen LogP contribution is -2.45. The van der Waals surface area contributed by atoms with E-state index in [4.69, 9.17) is 11.6 Å². The highest BCUT2D eigenvalue weighted by Crippen LogP contribution is 2.51. The molecular formula is C23H22ClF4NO4S. The Bertz CT molecular complexity index is 1230. The van der Waals surface area contributed by atoms with E-state index in [0.29, 0.717) is 12.1 Å². The molecule has 184 valence electrons. The minimum Gasteiger partial charge on any atom is -0.390 e. The van der Waals surface area contributed by atoms with Crippen LogP contribution in [0.15, 0.2) is 41.3 Å². The van der Waals surface area contributed by atoms with Crippen molar-refractivity contribution in [1.82, 2.24) is 0 Å². The van der Waals surface area contributed by atoms with Crippen molar-refractivity contribution < 1.29 is 35.9 Å². The summed E-state index contributed by atoms with van der Waals surface area (Å²) in [6.45, 7) is 1.73. The smallest absolute Gasteiger partial charge is 0.390 e. The normalized spacial score (nSPS) is 27.0. The Morgan fingerprint density at radius 3 is 2.32 bits per heavy atom. The molecule has 1 amide bonds. The van der Waals surface area contributed by atoms with Crippen LogP contribution in [-0.4, -0.2) is 30.3 Å². The van der Waals surface area contributed by atoms with Crippen molar-refractivity contribution in [3.63, 3.8) is 0 Å². The van der Waals surface area contributed by atoms with Crippen LogP contribution in [0.5, 0.6) is 0 Å². The van der Waals surface area contributed by atoms with Crippen LogP contribution >= 0.6 is 11.6 Å². The van der Waals surface area contributed by atoms with Crippen LogP contribution in [0.3, 0.4) is 0 Å². The number of anilines is 1. The van der Waals surface area contributed by atoms with E-state index in [-0.39, 0.29) is 45.8 Å². The highest BCUT2D eigenvalue weighted by Gasteiger charge is 2.53. The third-order valence-electron chi connectivity index (χ3n) is 7.08. The predicted octanol–water partition coefficient (Wildman–Crippen LogP) is 5.46.